The molecule has 2 aromatic rings. The maximum absolute atomic E-state index is 12.1. The number of pyridine rings is 1. The van der Waals surface area contributed by atoms with Gasteiger partial charge in [0.25, 0.3) is 5.91 Å². The fourth-order valence-electron chi connectivity index (χ4n) is 1.54. The number of aromatic nitrogens is 1. The molecule has 4 nitrogen and oxygen atoms in total. The molecule has 19 heavy (non-hydrogen) atoms. The Morgan fingerprint density at radius 2 is 1.84 bits per heavy atom. The first-order valence-electron chi connectivity index (χ1n) is 5.50. The van der Waals surface area contributed by atoms with E-state index in [0.29, 0.717) is 27.1 Å². The second-order valence-electron chi connectivity index (χ2n) is 3.79. The summed E-state index contributed by atoms with van der Waals surface area (Å²) in [7, 11) is 1.74. The Hall–Kier alpha value is -1.78. The van der Waals surface area contributed by atoms with Crippen molar-refractivity contribution < 1.29 is 4.79 Å². The Labute approximate surface area is 120 Å². The van der Waals surface area contributed by atoms with Crippen molar-refractivity contribution in [3.8, 4) is 0 Å². The lowest BCUT2D eigenvalue weighted by atomic mass is 10.2. The molecule has 0 radical (unpaired) electrons. The monoisotopic (exact) mass is 295 g/mol. The van der Waals surface area contributed by atoms with Gasteiger partial charge in [0.1, 0.15) is 5.82 Å². The van der Waals surface area contributed by atoms with E-state index < -0.39 is 0 Å². The molecule has 0 aliphatic heterocycles. The van der Waals surface area contributed by atoms with Crippen LogP contribution in [0.5, 0.6) is 0 Å². The number of nitrogens with zero attached hydrogens (tertiary/aromatic N) is 1. The fourth-order valence-corrected chi connectivity index (χ4v) is 2.06. The van der Waals surface area contributed by atoms with E-state index >= 15 is 0 Å². The van der Waals surface area contributed by atoms with E-state index in [4.69, 9.17) is 23.2 Å². The lowest BCUT2D eigenvalue weighted by Crippen LogP contribution is -2.12. The largest absolute Gasteiger partial charge is 0.373 e. The molecule has 0 aliphatic rings. The molecule has 98 valence electrons. The van der Waals surface area contributed by atoms with Gasteiger partial charge in [-0.25, -0.2) is 4.98 Å². The summed E-state index contributed by atoms with van der Waals surface area (Å²) in [4.78, 5) is 16.1. The molecular weight excluding hydrogens is 285 g/mol. The number of hydrogen-bond acceptors (Lipinski definition) is 3. The highest BCUT2D eigenvalue weighted by atomic mass is 35.5. The third-order valence-corrected chi connectivity index (χ3v) is 2.84. The highest BCUT2D eigenvalue weighted by molar-refractivity contribution is 6.35. The number of nitrogens with one attached hydrogen (secondary N) is 2. The molecule has 0 fully saturated rings. The van der Waals surface area contributed by atoms with Gasteiger partial charge in [0.05, 0.1) is 0 Å². The second-order valence-corrected chi connectivity index (χ2v) is 4.66. The number of amides is 1. The van der Waals surface area contributed by atoms with Crippen LogP contribution in [0, 0.1) is 0 Å². The molecule has 0 spiro atoms. The molecule has 2 N–H and O–H groups in total. The Kier molecular flexibility index (Phi) is 4.24. The van der Waals surface area contributed by atoms with Gasteiger partial charge < -0.3 is 10.6 Å². The van der Waals surface area contributed by atoms with Gasteiger partial charge in [0.2, 0.25) is 0 Å². The topological polar surface area (TPSA) is 54.0 Å². The molecule has 0 unspecified atom stereocenters. The van der Waals surface area contributed by atoms with Crippen LogP contribution in [0.2, 0.25) is 10.0 Å². The minimum atomic E-state index is -0.253. The summed E-state index contributed by atoms with van der Waals surface area (Å²) in [5.41, 5.74) is 1.04. The summed E-state index contributed by atoms with van der Waals surface area (Å²) in [5.74, 6) is 0.369. The average molecular weight is 296 g/mol. The Morgan fingerprint density at radius 3 is 2.47 bits per heavy atom. The van der Waals surface area contributed by atoms with Crippen molar-refractivity contribution in [2.75, 3.05) is 17.7 Å². The molecule has 1 amide bonds. The van der Waals surface area contributed by atoms with Crippen molar-refractivity contribution in [1.29, 1.82) is 0 Å². The van der Waals surface area contributed by atoms with Gasteiger partial charge in [-0.1, -0.05) is 23.2 Å². The number of rotatable bonds is 3. The van der Waals surface area contributed by atoms with Crippen LogP contribution >= 0.6 is 23.2 Å². The summed E-state index contributed by atoms with van der Waals surface area (Å²) >= 11 is 11.7. The lowest BCUT2D eigenvalue weighted by molar-refractivity contribution is 0.102. The number of halogens is 2. The Balaban J connectivity index is 2.20. The van der Waals surface area contributed by atoms with Crippen LogP contribution in [-0.2, 0) is 0 Å². The standard InChI is InChI=1S/C13H11Cl2N3O/c1-16-12-4-8(2-3-17-12)13(19)18-11-6-9(14)5-10(15)7-11/h2-7H,1H3,(H,16,17)(H,18,19). The van der Waals surface area contributed by atoms with E-state index in [9.17, 15) is 4.79 Å². The number of hydrogen-bond donors (Lipinski definition) is 2. The lowest BCUT2D eigenvalue weighted by Gasteiger charge is -2.07. The van der Waals surface area contributed by atoms with Crippen LogP contribution in [-0.4, -0.2) is 17.9 Å². The van der Waals surface area contributed by atoms with E-state index in [0.717, 1.165) is 0 Å². The number of carbonyl (C=O) groups is 1. The van der Waals surface area contributed by atoms with Gasteiger partial charge in [-0.2, -0.15) is 0 Å². The molecule has 0 atom stereocenters. The van der Waals surface area contributed by atoms with Gasteiger partial charge in [-0.15, -0.1) is 0 Å². The van der Waals surface area contributed by atoms with Gasteiger partial charge in [0.15, 0.2) is 0 Å². The summed E-state index contributed by atoms with van der Waals surface area (Å²) < 4.78 is 0. The van der Waals surface area contributed by atoms with Crippen molar-refractivity contribution in [2.24, 2.45) is 0 Å². The summed E-state index contributed by atoms with van der Waals surface area (Å²) in [6, 6.07) is 8.14. The SMILES string of the molecule is CNc1cc(C(=O)Nc2cc(Cl)cc(Cl)c2)ccn1. The predicted octanol–water partition coefficient (Wildman–Crippen LogP) is 3.68. The predicted molar refractivity (Wildman–Crippen MR) is 78.2 cm³/mol. The molecule has 2 rings (SSSR count). The van der Waals surface area contributed by atoms with Gasteiger partial charge >= 0.3 is 0 Å². The Bertz CT molecular complexity index is 596. The number of anilines is 2. The quantitative estimate of drug-likeness (QED) is 0.908. The van der Waals surface area contributed by atoms with Gasteiger partial charge in [-0.3, -0.25) is 4.79 Å². The van der Waals surface area contributed by atoms with Gasteiger partial charge in [-0.05, 0) is 30.3 Å². The first-order valence-corrected chi connectivity index (χ1v) is 6.25. The highest BCUT2D eigenvalue weighted by Crippen LogP contribution is 2.23. The zero-order valence-electron chi connectivity index (χ0n) is 10.1. The normalized spacial score (nSPS) is 10.1. The van der Waals surface area contributed by atoms with Crippen molar-refractivity contribution in [2.45, 2.75) is 0 Å². The molecule has 1 heterocycles. The van der Waals surface area contributed by atoms with E-state index in [1.165, 1.54) is 0 Å². The van der Waals surface area contributed by atoms with Crippen LogP contribution in [0.25, 0.3) is 0 Å². The molecule has 1 aromatic carbocycles. The van der Waals surface area contributed by atoms with Crippen LogP contribution in [0.1, 0.15) is 10.4 Å². The first-order chi connectivity index (χ1) is 9.08. The van der Waals surface area contributed by atoms with E-state index in [-0.39, 0.29) is 5.91 Å². The van der Waals surface area contributed by atoms with Gasteiger partial charge in [0, 0.05) is 34.5 Å². The minimum Gasteiger partial charge on any atom is -0.373 e. The van der Waals surface area contributed by atoms with Crippen molar-refractivity contribution in [3.63, 3.8) is 0 Å². The summed E-state index contributed by atoms with van der Waals surface area (Å²) in [6.07, 6.45) is 1.56. The molecular formula is C13H11Cl2N3O. The average Bonchev–Trinajstić information content (AvgIpc) is 2.37. The molecule has 0 saturated carbocycles. The van der Waals surface area contributed by atoms with Crippen LogP contribution in [0.15, 0.2) is 36.5 Å². The molecule has 0 aliphatic carbocycles. The van der Waals surface area contributed by atoms with Crippen LogP contribution < -0.4 is 10.6 Å². The smallest absolute Gasteiger partial charge is 0.255 e. The fraction of sp³-hybridized carbons (Fsp3) is 0.0769. The van der Waals surface area contributed by atoms with E-state index in [1.807, 2.05) is 0 Å². The maximum atomic E-state index is 12.1. The van der Waals surface area contributed by atoms with Crippen LogP contribution in [0.3, 0.4) is 0 Å². The Morgan fingerprint density at radius 1 is 1.16 bits per heavy atom. The third-order valence-electron chi connectivity index (χ3n) is 2.40. The summed E-state index contributed by atoms with van der Waals surface area (Å²) in [6.45, 7) is 0. The maximum Gasteiger partial charge on any atom is 0.255 e. The van der Waals surface area contributed by atoms with E-state index in [1.54, 1.807) is 43.6 Å². The second kappa shape index (κ2) is 5.91. The number of carbonyl (C=O) groups excluding carboxylic acids is 1. The number of benzene rings is 1. The molecule has 0 saturated heterocycles. The van der Waals surface area contributed by atoms with Crippen LogP contribution in [0.4, 0.5) is 11.5 Å². The summed E-state index contributed by atoms with van der Waals surface area (Å²) in [5, 5.41) is 6.53. The zero-order valence-corrected chi connectivity index (χ0v) is 11.6. The zero-order chi connectivity index (χ0) is 13.8. The molecule has 6 heteroatoms. The minimum absolute atomic E-state index is 0.253. The van der Waals surface area contributed by atoms with E-state index in [2.05, 4.69) is 15.6 Å². The molecule has 0 bridgehead atoms. The van der Waals surface area contributed by atoms with Crippen molar-refractivity contribution in [1.82, 2.24) is 4.98 Å². The first kappa shape index (κ1) is 13.6. The highest BCUT2D eigenvalue weighted by Gasteiger charge is 2.08. The molecule has 1 aromatic heterocycles. The van der Waals surface area contributed by atoms with Crippen molar-refractivity contribution in [3.05, 3.63) is 52.1 Å². The van der Waals surface area contributed by atoms with Crippen molar-refractivity contribution >= 4 is 40.6 Å². The third kappa shape index (κ3) is 3.59.